The van der Waals surface area contributed by atoms with Crippen molar-refractivity contribution in [3.8, 4) is 11.8 Å². The van der Waals surface area contributed by atoms with Gasteiger partial charge >= 0.3 is 6.01 Å². The third-order valence-corrected chi connectivity index (χ3v) is 1.85. The van der Waals surface area contributed by atoms with Crippen LogP contribution in [-0.2, 0) is 0 Å². The van der Waals surface area contributed by atoms with Gasteiger partial charge in [0.1, 0.15) is 11.6 Å². The number of aryl methyl sites for hydroxylation is 1. The Hall–Kier alpha value is -2.10. The van der Waals surface area contributed by atoms with Crippen molar-refractivity contribution in [1.82, 2.24) is 9.97 Å². The molecule has 0 aliphatic rings. The summed E-state index contributed by atoms with van der Waals surface area (Å²) >= 11 is 0. The topological polar surface area (TPSA) is 61.0 Å². The van der Waals surface area contributed by atoms with Gasteiger partial charge in [-0.05, 0) is 30.7 Å². The number of hydrogen-bond acceptors (Lipinski definition) is 4. The Morgan fingerprint density at radius 1 is 1.27 bits per heavy atom. The Labute approximate surface area is 87.7 Å². The van der Waals surface area contributed by atoms with E-state index in [0.29, 0.717) is 11.6 Å². The summed E-state index contributed by atoms with van der Waals surface area (Å²) in [6.07, 6.45) is 1.56. The minimum Gasteiger partial charge on any atom is -0.424 e. The Balaban J connectivity index is 2.22. The molecule has 0 amide bonds. The predicted molar refractivity (Wildman–Crippen MR) is 57.7 cm³/mol. The van der Waals surface area contributed by atoms with E-state index in [-0.39, 0.29) is 6.01 Å². The van der Waals surface area contributed by atoms with Crippen molar-refractivity contribution in [2.45, 2.75) is 6.92 Å². The summed E-state index contributed by atoms with van der Waals surface area (Å²) < 4.78 is 5.44. The molecule has 0 spiro atoms. The quantitative estimate of drug-likeness (QED) is 0.808. The maximum absolute atomic E-state index is 5.51. The molecule has 1 heterocycles. The van der Waals surface area contributed by atoms with Crippen LogP contribution in [0.2, 0.25) is 0 Å². The van der Waals surface area contributed by atoms with Crippen LogP contribution in [0, 0.1) is 6.92 Å². The van der Waals surface area contributed by atoms with Crippen LogP contribution >= 0.6 is 0 Å². The number of anilines is 1. The van der Waals surface area contributed by atoms with Crippen LogP contribution in [0.4, 0.5) is 5.82 Å². The van der Waals surface area contributed by atoms with Crippen molar-refractivity contribution in [3.63, 3.8) is 0 Å². The Bertz CT molecular complexity index is 427. The van der Waals surface area contributed by atoms with Gasteiger partial charge < -0.3 is 10.5 Å². The summed E-state index contributed by atoms with van der Waals surface area (Å²) in [6, 6.07) is 9.54. The maximum atomic E-state index is 5.51. The van der Waals surface area contributed by atoms with Crippen LogP contribution in [0.15, 0.2) is 36.5 Å². The van der Waals surface area contributed by atoms with Gasteiger partial charge in [-0.25, -0.2) is 4.98 Å². The molecule has 1 aromatic heterocycles. The molecule has 2 aromatic rings. The van der Waals surface area contributed by atoms with Crippen LogP contribution in [0.3, 0.4) is 0 Å². The second kappa shape index (κ2) is 3.96. The van der Waals surface area contributed by atoms with Crippen LogP contribution in [0.25, 0.3) is 0 Å². The number of hydrogen-bond donors (Lipinski definition) is 1. The Kier molecular flexibility index (Phi) is 2.49. The van der Waals surface area contributed by atoms with Crippen molar-refractivity contribution in [3.05, 3.63) is 42.1 Å². The fourth-order valence-corrected chi connectivity index (χ4v) is 1.19. The highest BCUT2D eigenvalue weighted by Crippen LogP contribution is 2.18. The largest absolute Gasteiger partial charge is 0.424 e. The van der Waals surface area contributed by atoms with Crippen LogP contribution in [0.1, 0.15) is 5.56 Å². The second-order valence-electron chi connectivity index (χ2n) is 3.18. The second-order valence-corrected chi connectivity index (χ2v) is 3.18. The van der Waals surface area contributed by atoms with Crippen molar-refractivity contribution in [2.24, 2.45) is 0 Å². The molecule has 2 rings (SSSR count). The summed E-state index contributed by atoms with van der Waals surface area (Å²) in [5.74, 6) is 1.10. The molecule has 1 aromatic carbocycles. The summed E-state index contributed by atoms with van der Waals surface area (Å²) in [5.41, 5.74) is 6.63. The lowest BCUT2D eigenvalue weighted by Crippen LogP contribution is -1.95. The lowest BCUT2D eigenvalue weighted by atomic mass is 10.2. The normalized spacial score (nSPS) is 9.93. The van der Waals surface area contributed by atoms with E-state index in [1.54, 1.807) is 12.3 Å². The molecule has 0 radical (unpaired) electrons. The van der Waals surface area contributed by atoms with Gasteiger partial charge in [-0.15, -0.1) is 0 Å². The van der Waals surface area contributed by atoms with Crippen LogP contribution < -0.4 is 10.5 Å². The zero-order chi connectivity index (χ0) is 10.7. The molecule has 0 bridgehead atoms. The van der Waals surface area contributed by atoms with E-state index in [2.05, 4.69) is 9.97 Å². The third-order valence-electron chi connectivity index (χ3n) is 1.85. The van der Waals surface area contributed by atoms with E-state index >= 15 is 0 Å². The molecule has 0 saturated carbocycles. The van der Waals surface area contributed by atoms with E-state index in [1.165, 1.54) is 0 Å². The standard InChI is InChI=1S/C11H11N3O/c1-8-3-2-4-9(7-8)15-11-13-6-5-10(12)14-11/h2-7H,1H3,(H2,12,13,14). The number of rotatable bonds is 2. The number of ether oxygens (including phenoxy) is 1. The summed E-state index contributed by atoms with van der Waals surface area (Å²) in [5, 5.41) is 0. The van der Waals surface area contributed by atoms with Gasteiger partial charge in [-0.3, -0.25) is 0 Å². The summed E-state index contributed by atoms with van der Waals surface area (Å²) in [7, 11) is 0. The zero-order valence-corrected chi connectivity index (χ0v) is 8.34. The van der Waals surface area contributed by atoms with Gasteiger partial charge in [0, 0.05) is 6.20 Å². The van der Waals surface area contributed by atoms with Crippen LogP contribution in [-0.4, -0.2) is 9.97 Å². The van der Waals surface area contributed by atoms with Crippen molar-refractivity contribution in [2.75, 3.05) is 5.73 Å². The van der Waals surface area contributed by atoms with Gasteiger partial charge in [-0.1, -0.05) is 12.1 Å². The first kappa shape index (κ1) is 9.45. The van der Waals surface area contributed by atoms with E-state index in [1.807, 2.05) is 31.2 Å². The zero-order valence-electron chi connectivity index (χ0n) is 8.34. The highest BCUT2D eigenvalue weighted by Gasteiger charge is 2.00. The van der Waals surface area contributed by atoms with Gasteiger partial charge in [0.2, 0.25) is 0 Å². The minimum atomic E-state index is 0.264. The minimum absolute atomic E-state index is 0.264. The molecule has 4 nitrogen and oxygen atoms in total. The number of nitrogen functional groups attached to an aromatic ring is 1. The van der Waals surface area contributed by atoms with E-state index in [9.17, 15) is 0 Å². The number of aromatic nitrogens is 2. The molecular weight excluding hydrogens is 190 g/mol. The Morgan fingerprint density at radius 3 is 2.87 bits per heavy atom. The lowest BCUT2D eigenvalue weighted by molar-refractivity contribution is 0.442. The molecule has 0 fully saturated rings. The SMILES string of the molecule is Cc1cccc(Oc2nccc(N)n2)c1. The van der Waals surface area contributed by atoms with E-state index < -0.39 is 0 Å². The molecule has 0 aliphatic heterocycles. The molecular formula is C11H11N3O. The van der Waals surface area contributed by atoms with Crippen LogP contribution in [0.5, 0.6) is 11.8 Å². The predicted octanol–water partition coefficient (Wildman–Crippen LogP) is 2.16. The van der Waals surface area contributed by atoms with Gasteiger partial charge in [0.25, 0.3) is 0 Å². The molecule has 0 atom stereocenters. The number of benzene rings is 1. The number of nitrogens with two attached hydrogens (primary N) is 1. The van der Waals surface area contributed by atoms with Crippen molar-refractivity contribution in [1.29, 1.82) is 0 Å². The molecule has 2 N–H and O–H groups in total. The van der Waals surface area contributed by atoms with Gasteiger partial charge in [-0.2, -0.15) is 4.98 Å². The molecule has 15 heavy (non-hydrogen) atoms. The van der Waals surface area contributed by atoms with Crippen molar-refractivity contribution < 1.29 is 4.74 Å². The molecule has 0 unspecified atom stereocenters. The highest BCUT2D eigenvalue weighted by atomic mass is 16.5. The van der Waals surface area contributed by atoms with Gasteiger partial charge in [0.15, 0.2) is 0 Å². The molecule has 4 heteroatoms. The average molecular weight is 201 g/mol. The average Bonchev–Trinajstić information content (AvgIpc) is 2.17. The first-order valence-electron chi connectivity index (χ1n) is 4.57. The van der Waals surface area contributed by atoms with E-state index in [4.69, 9.17) is 10.5 Å². The summed E-state index contributed by atoms with van der Waals surface area (Å²) in [6.45, 7) is 1.99. The Morgan fingerprint density at radius 2 is 2.13 bits per heavy atom. The lowest BCUT2D eigenvalue weighted by Gasteiger charge is -2.04. The molecule has 0 saturated heterocycles. The summed E-state index contributed by atoms with van der Waals surface area (Å²) in [4.78, 5) is 7.89. The fourth-order valence-electron chi connectivity index (χ4n) is 1.19. The first-order chi connectivity index (χ1) is 7.24. The maximum Gasteiger partial charge on any atom is 0.323 e. The monoisotopic (exact) mass is 201 g/mol. The molecule has 0 aliphatic carbocycles. The molecule has 76 valence electrons. The smallest absolute Gasteiger partial charge is 0.323 e. The van der Waals surface area contributed by atoms with Gasteiger partial charge in [0.05, 0.1) is 0 Å². The first-order valence-corrected chi connectivity index (χ1v) is 4.57. The highest BCUT2D eigenvalue weighted by molar-refractivity contribution is 5.31. The third kappa shape index (κ3) is 2.43. The van der Waals surface area contributed by atoms with Crippen molar-refractivity contribution >= 4 is 5.82 Å². The number of nitrogens with zero attached hydrogens (tertiary/aromatic N) is 2. The van der Waals surface area contributed by atoms with E-state index in [0.717, 1.165) is 5.56 Å². The fraction of sp³-hybridized carbons (Fsp3) is 0.0909.